The van der Waals surface area contributed by atoms with Crippen molar-refractivity contribution >= 4 is 17.6 Å². The summed E-state index contributed by atoms with van der Waals surface area (Å²) in [5.41, 5.74) is -0.0547. The second-order valence-corrected chi connectivity index (χ2v) is 3.39. The summed E-state index contributed by atoms with van der Waals surface area (Å²) in [7, 11) is 0. The van der Waals surface area contributed by atoms with Crippen molar-refractivity contribution in [2.75, 3.05) is 12.5 Å². The van der Waals surface area contributed by atoms with Gasteiger partial charge in [-0.3, -0.25) is 4.89 Å². The van der Waals surface area contributed by atoms with E-state index in [0.29, 0.717) is 12.1 Å². The third-order valence-electron chi connectivity index (χ3n) is 1.70. The van der Waals surface area contributed by atoms with Gasteiger partial charge in [-0.1, -0.05) is 0 Å². The van der Waals surface area contributed by atoms with Crippen LogP contribution >= 0.6 is 11.6 Å². The van der Waals surface area contributed by atoms with Crippen LogP contribution in [0.3, 0.4) is 0 Å². The first-order chi connectivity index (χ1) is 8.04. The predicted molar refractivity (Wildman–Crippen MR) is 52.8 cm³/mol. The van der Waals surface area contributed by atoms with E-state index in [1.54, 1.807) is 0 Å². The summed E-state index contributed by atoms with van der Waals surface area (Å²) < 4.78 is 38.2. The smallest absolute Gasteiger partial charge is 0.298 e. The summed E-state index contributed by atoms with van der Waals surface area (Å²) in [4.78, 5) is 19.7. The Morgan fingerprint density at radius 3 is 2.35 bits per heavy atom. The van der Waals surface area contributed by atoms with Gasteiger partial charge in [-0.25, -0.2) is 18.0 Å². The largest absolute Gasteiger partial charge is 0.346 e. The lowest BCUT2D eigenvalue weighted by Crippen LogP contribution is -2.10. The van der Waals surface area contributed by atoms with Crippen LogP contribution in [0.1, 0.15) is 5.56 Å². The summed E-state index contributed by atoms with van der Waals surface area (Å²) in [6.07, 6.45) is -0.434. The maximum Gasteiger partial charge on any atom is 0.346 e. The van der Waals surface area contributed by atoms with E-state index in [2.05, 4.69) is 9.78 Å². The molecule has 0 bridgehead atoms. The van der Waals surface area contributed by atoms with Crippen LogP contribution in [0, 0.1) is 17.5 Å². The standard InChI is InChI=1S/C10H8ClF3O3/c11-1-2-16-17-9(15)5-6-3-7(12)10(14)8(13)4-6/h3-4H,1-2,5H2. The number of carbonyl (C=O) groups excluding carboxylic acids is 1. The molecule has 0 atom stereocenters. The molecule has 0 fully saturated rings. The van der Waals surface area contributed by atoms with Gasteiger partial charge in [0.1, 0.15) is 6.61 Å². The number of halogens is 4. The molecule has 0 unspecified atom stereocenters. The van der Waals surface area contributed by atoms with E-state index >= 15 is 0 Å². The number of benzene rings is 1. The van der Waals surface area contributed by atoms with E-state index in [-0.39, 0.29) is 18.1 Å². The lowest BCUT2D eigenvalue weighted by atomic mass is 10.1. The molecular weight excluding hydrogens is 261 g/mol. The maximum atomic E-state index is 12.8. The Morgan fingerprint density at radius 2 is 1.82 bits per heavy atom. The van der Waals surface area contributed by atoms with Gasteiger partial charge in [0.05, 0.1) is 12.3 Å². The molecule has 0 N–H and O–H groups in total. The third kappa shape index (κ3) is 4.24. The van der Waals surface area contributed by atoms with Crippen LogP contribution in [-0.2, 0) is 21.0 Å². The van der Waals surface area contributed by atoms with Crippen LogP contribution in [0.5, 0.6) is 0 Å². The summed E-state index contributed by atoms with van der Waals surface area (Å²) in [6, 6.07) is 1.42. The number of hydrogen-bond acceptors (Lipinski definition) is 3. The quantitative estimate of drug-likeness (QED) is 0.270. The molecule has 1 aromatic carbocycles. The van der Waals surface area contributed by atoms with E-state index in [0.717, 1.165) is 0 Å². The number of rotatable bonds is 5. The number of carbonyl (C=O) groups is 1. The predicted octanol–water partition coefficient (Wildman–Crippen LogP) is 2.36. The third-order valence-corrected chi connectivity index (χ3v) is 1.86. The first kappa shape index (κ1) is 13.8. The molecule has 0 saturated heterocycles. The van der Waals surface area contributed by atoms with E-state index in [9.17, 15) is 18.0 Å². The van der Waals surface area contributed by atoms with Gasteiger partial charge < -0.3 is 0 Å². The Morgan fingerprint density at radius 1 is 1.24 bits per heavy atom. The van der Waals surface area contributed by atoms with Crippen molar-refractivity contribution in [3.05, 3.63) is 35.1 Å². The lowest BCUT2D eigenvalue weighted by Gasteiger charge is -2.03. The van der Waals surface area contributed by atoms with Crippen LogP contribution in [0.4, 0.5) is 13.2 Å². The topological polar surface area (TPSA) is 35.5 Å². The molecule has 17 heavy (non-hydrogen) atoms. The van der Waals surface area contributed by atoms with Crippen molar-refractivity contribution in [2.45, 2.75) is 6.42 Å². The van der Waals surface area contributed by atoms with Crippen LogP contribution < -0.4 is 0 Å². The van der Waals surface area contributed by atoms with E-state index in [4.69, 9.17) is 11.6 Å². The summed E-state index contributed by atoms with van der Waals surface area (Å²) in [6.45, 7) is -0.000560. The average molecular weight is 269 g/mol. The molecule has 0 saturated carbocycles. The molecule has 0 aliphatic heterocycles. The van der Waals surface area contributed by atoms with E-state index in [1.807, 2.05) is 0 Å². The molecule has 1 aromatic rings. The second kappa shape index (κ2) is 6.46. The molecule has 0 radical (unpaired) electrons. The molecule has 7 heteroatoms. The fourth-order valence-corrected chi connectivity index (χ4v) is 1.11. The van der Waals surface area contributed by atoms with Crippen molar-refractivity contribution < 1.29 is 27.7 Å². The molecule has 0 spiro atoms. The van der Waals surface area contributed by atoms with Crippen LogP contribution in [-0.4, -0.2) is 18.5 Å². The summed E-state index contributed by atoms with van der Waals surface area (Å²) >= 11 is 5.25. The zero-order valence-corrected chi connectivity index (χ0v) is 9.27. The highest BCUT2D eigenvalue weighted by molar-refractivity contribution is 6.17. The maximum absolute atomic E-state index is 12.8. The highest BCUT2D eigenvalue weighted by atomic mass is 35.5. The molecule has 3 nitrogen and oxygen atoms in total. The lowest BCUT2D eigenvalue weighted by molar-refractivity contribution is -0.268. The molecule has 1 rings (SSSR count). The first-order valence-electron chi connectivity index (χ1n) is 4.56. The Bertz CT molecular complexity index is 389. The molecule has 0 amide bonds. The van der Waals surface area contributed by atoms with E-state index in [1.165, 1.54) is 0 Å². The highest BCUT2D eigenvalue weighted by Crippen LogP contribution is 2.14. The molecular formula is C10H8ClF3O3. The normalized spacial score (nSPS) is 10.4. The minimum Gasteiger partial charge on any atom is -0.298 e. The van der Waals surface area contributed by atoms with Crippen LogP contribution in [0.2, 0.25) is 0 Å². The SMILES string of the molecule is O=C(Cc1cc(F)c(F)c(F)c1)OOCCCl. The number of hydrogen-bond donors (Lipinski definition) is 0. The van der Waals surface area contributed by atoms with Crippen molar-refractivity contribution in [1.29, 1.82) is 0 Å². The molecule has 0 aliphatic rings. The molecule has 0 aromatic heterocycles. The van der Waals surface area contributed by atoms with Gasteiger partial charge in [-0.15, -0.1) is 11.6 Å². The minimum atomic E-state index is -1.58. The van der Waals surface area contributed by atoms with Gasteiger partial charge in [-0.2, -0.15) is 4.89 Å². The average Bonchev–Trinajstić information content (AvgIpc) is 2.26. The van der Waals surface area contributed by atoms with Crippen LogP contribution in [0.25, 0.3) is 0 Å². The van der Waals surface area contributed by atoms with Gasteiger partial charge in [0.2, 0.25) is 0 Å². The molecule has 0 heterocycles. The van der Waals surface area contributed by atoms with Gasteiger partial charge in [0, 0.05) is 0 Å². The van der Waals surface area contributed by atoms with Gasteiger partial charge in [0.25, 0.3) is 0 Å². The fraction of sp³-hybridized carbons (Fsp3) is 0.300. The van der Waals surface area contributed by atoms with E-state index < -0.39 is 29.8 Å². The van der Waals surface area contributed by atoms with Crippen LogP contribution in [0.15, 0.2) is 12.1 Å². The Hall–Kier alpha value is -1.27. The van der Waals surface area contributed by atoms with Gasteiger partial charge >= 0.3 is 5.97 Å². The van der Waals surface area contributed by atoms with Crippen molar-refractivity contribution in [1.82, 2.24) is 0 Å². The number of alkyl halides is 1. The Balaban J connectivity index is 2.60. The summed E-state index contributed by atoms with van der Waals surface area (Å²) in [5.74, 6) is -5.04. The Labute approximate surface area is 100 Å². The molecule has 0 aliphatic carbocycles. The zero-order valence-electron chi connectivity index (χ0n) is 8.51. The zero-order chi connectivity index (χ0) is 12.8. The van der Waals surface area contributed by atoms with Crippen molar-refractivity contribution in [2.24, 2.45) is 0 Å². The monoisotopic (exact) mass is 268 g/mol. The Kier molecular flexibility index (Phi) is 5.24. The summed E-state index contributed by atoms with van der Waals surface area (Å²) in [5, 5.41) is 0. The van der Waals surface area contributed by atoms with Gasteiger partial charge in [-0.05, 0) is 17.7 Å². The first-order valence-corrected chi connectivity index (χ1v) is 5.09. The second-order valence-electron chi connectivity index (χ2n) is 3.02. The minimum absolute atomic E-state index is 0.000560. The highest BCUT2D eigenvalue weighted by Gasteiger charge is 2.13. The fourth-order valence-electron chi connectivity index (χ4n) is 1.05. The molecule has 94 valence electrons. The van der Waals surface area contributed by atoms with Crippen molar-refractivity contribution in [3.63, 3.8) is 0 Å². The van der Waals surface area contributed by atoms with Gasteiger partial charge in [0.15, 0.2) is 17.5 Å². The van der Waals surface area contributed by atoms with Crippen molar-refractivity contribution in [3.8, 4) is 0 Å².